The van der Waals surface area contributed by atoms with E-state index in [9.17, 15) is 9.59 Å². The van der Waals surface area contributed by atoms with Gasteiger partial charge in [-0.05, 0) is 68.2 Å². The summed E-state index contributed by atoms with van der Waals surface area (Å²) in [6.45, 7) is 16.1. The summed E-state index contributed by atoms with van der Waals surface area (Å²) in [5.74, 6) is 0.0110. The van der Waals surface area contributed by atoms with Gasteiger partial charge in [0.05, 0.1) is 0 Å². The standard InChI is InChI=1S/C18H34N2O3/c1-11(2)19(12(3)4)17(21)15-9-10-16(23-15)18(22)20(13(5)6)14(7)8/h11-16H,9-10H2,1-8H3/t15-,16+. The minimum Gasteiger partial charge on any atom is -0.355 e. The zero-order chi connectivity index (χ0) is 17.9. The van der Waals surface area contributed by atoms with E-state index in [1.54, 1.807) is 0 Å². The molecule has 0 radical (unpaired) electrons. The molecule has 0 bridgehead atoms. The molecule has 23 heavy (non-hydrogen) atoms. The van der Waals surface area contributed by atoms with Crippen molar-refractivity contribution >= 4 is 11.8 Å². The van der Waals surface area contributed by atoms with Gasteiger partial charge in [-0.25, -0.2) is 0 Å². The fourth-order valence-electron chi connectivity index (χ4n) is 3.54. The Labute approximate surface area is 141 Å². The minimum absolute atomic E-state index is 0.00550. The van der Waals surface area contributed by atoms with Crippen LogP contribution in [-0.2, 0) is 14.3 Å². The van der Waals surface area contributed by atoms with Gasteiger partial charge >= 0.3 is 0 Å². The number of carbonyl (C=O) groups is 2. The van der Waals surface area contributed by atoms with E-state index >= 15 is 0 Å². The molecule has 0 N–H and O–H groups in total. The van der Waals surface area contributed by atoms with Crippen molar-refractivity contribution in [3.05, 3.63) is 0 Å². The minimum atomic E-state index is -0.491. The molecular weight excluding hydrogens is 292 g/mol. The van der Waals surface area contributed by atoms with Crippen LogP contribution in [0, 0.1) is 0 Å². The second-order valence-corrected chi connectivity index (χ2v) is 7.56. The van der Waals surface area contributed by atoms with Gasteiger partial charge in [-0.3, -0.25) is 9.59 Å². The maximum absolute atomic E-state index is 12.7. The maximum Gasteiger partial charge on any atom is 0.252 e. The van der Waals surface area contributed by atoms with E-state index in [1.807, 2.05) is 65.2 Å². The largest absolute Gasteiger partial charge is 0.355 e. The topological polar surface area (TPSA) is 49.9 Å². The van der Waals surface area contributed by atoms with Crippen LogP contribution in [0.3, 0.4) is 0 Å². The van der Waals surface area contributed by atoms with Gasteiger partial charge in [-0.15, -0.1) is 0 Å². The lowest BCUT2D eigenvalue weighted by Crippen LogP contribution is -2.49. The SMILES string of the molecule is CC(C)N(C(=O)[C@@H]1CC[C@H](C(=O)N(C(C)C)C(C)C)O1)C(C)C. The van der Waals surface area contributed by atoms with Crippen molar-refractivity contribution < 1.29 is 14.3 Å². The number of amides is 2. The van der Waals surface area contributed by atoms with E-state index in [2.05, 4.69) is 0 Å². The molecular formula is C18H34N2O3. The number of carbonyl (C=O) groups excluding carboxylic acids is 2. The first-order valence-electron chi connectivity index (χ1n) is 8.87. The molecule has 134 valence electrons. The number of hydrogen-bond donors (Lipinski definition) is 0. The maximum atomic E-state index is 12.7. The van der Waals surface area contributed by atoms with Crippen molar-refractivity contribution in [1.82, 2.24) is 9.80 Å². The van der Waals surface area contributed by atoms with Crippen LogP contribution in [-0.4, -0.2) is 58.0 Å². The Hall–Kier alpha value is -1.10. The summed E-state index contributed by atoms with van der Waals surface area (Å²) in [6.07, 6.45) is 0.259. The van der Waals surface area contributed by atoms with Crippen molar-refractivity contribution in [2.24, 2.45) is 0 Å². The van der Waals surface area contributed by atoms with E-state index in [1.165, 1.54) is 0 Å². The van der Waals surface area contributed by atoms with Crippen LogP contribution in [0.5, 0.6) is 0 Å². The van der Waals surface area contributed by atoms with Crippen LogP contribution in [0.2, 0.25) is 0 Å². The van der Waals surface area contributed by atoms with Crippen LogP contribution in [0.4, 0.5) is 0 Å². The Balaban J connectivity index is 2.78. The first kappa shape index (κ1) is 19.9. The smallest absolute Gasteiger partial charge is 0.252 e. The molecule has 1 aliphatic heterocycles. The highest BCUT2D eigenvalue weighted by molar-refractivity contribution is 5.85. The summed E-state index contributed by atoms with van der Waals surface area (Å²) in [4.78, 5) is 29.1. The molecule has 5 heteroatoms. The highest BCUT2D eigenvalue weighted by Gasteiger charge is 2.40. The van der Waals surface area contributed by atoms with Crippen LogP contribution in [0.25, 0.3) is 0 Å². The molecule has 1 saturated heterocycles. The molecule has 1 fully saturated rings. The van der Waals surface area contributed by atoms with Crippen LogP contribution in [0.1, 0.15) is 68.2 Å². The van der Waals surface area contributed by atoms with Crippen LogP contribution in [0.15, 0.2) is 0 Å². The predicted molar refractivity (Wildman–Crippen MR) is 92.1 cm³/mol. The third-order valence-electron chi connectivity index (χ3n) is 4.30. The Morgan fingerprint density at radius 3 is 1.17 bits per heavy atom. The number of hydrogen-bond acceptors (Lipinski definition) is 3. The molecule has 5 nitrogen and oxygen atoms in total. The van der Waals surface area contributed by atoms with Gasteiger partial charge in [0.25, 0.3) is 11.8 Å². The summed E-state index contributed by atoms with van der Waals surface area (Å²) >= 11 is 0. The summed E-state index contributed by atoms with van der Waals surface area (Å²) in [5, 5.41) is 0. The molecule has 2 amide bonds. The Kier molecular flexibility index (Phi) is 7.05. The number of rotatable bonds is 6. The third-order valence-corrected chi connectivity index (χ3v) is 4.30. The zero-order valence-electron chi connectivity index (χ0n) is 16.0. The molecule has 0 aromatic carbocycles. The second kappa shape index (κ2) is 8.13. The van der Waals surface area contributed by atoms with Crippen molar-refractivity contribution in [3.8, 4) is 0 Å². The van der Waals surface area contributed by atoms with Gasteiger partial charge in [-0.2, -0.15) is 0 Å². The van der Waals surface area contributed by atoms with Gasteiger partial charge in [-0.1, -0.05) is 0 Å². The zero-order valence-corrected chi connectivity index (χ0v) is 16.0. The first-order valence-corrected chi connectivity index (χ1v) is 8.87. The van der Waals surface area contributed by atoms with Gasteiger partial charge in [0.15, 0.2) is 0 Å². The molecule has 0 aromatic rings. The highest BCUT2D eigenvalue weighted by Crippen LogP contribution is 2.25. The Morgan fingerprint density at radius 1 is 0.696 bits per heavy atom. The highest BCUT2D eigenvalue weighted by atomic mass is 16.5. The Bertz CT molecular complexity index is 364. The molecule has 1 rings (SSSR count). The molecule has 1 heterocycles. The van der Waals surface area contributed by atoms with Crippen molar-refractivity contribution in [2.75, 3.05) is 0 Å². The lowest BCUT2D eigenvalue weighted by molar-refractivity contribution is -0.154. The average Bonchev–Trinajstić information content (AvgIpc) is 2.85. The van der Waals surface area contributed by atoms with Crippen molar-refractivity contribution in [3.63, 3.8) is 0 Å². The van der Waals surface area contributed by atoms with Crippen molar-refractivity contribution in [2.45, 2.75) is 105 Å². The van der Waals surface area contributed by atoms with Crippen LogP contribution < -0.4 is 0 Å². The van der Waals surface area contributed by atoms with E-state index in [0.717, 1.165) is 0 Å². The molecule has 1 aliphatic rings. The Morgan fingerprint density at radius 2 is 0.957 bits per heavy atom. The van der Waals surface area contributed by atoms with Crippen molar-refractivity contribution in [1.29, 1.82) is 0 Å². The summed E-state index contributed by atoms with van der Waals surface area (Å²) in [6, 6.07) is 0.514. The van der Waals surface area contributed by atoms with E-state index in [0.29, 0.717) is 12.8 Å². The molecule has 2 atom stereocenters. The van der Waals surface area contributed by atoms with Crippen LogP contribution >= 0.6 is 0 Å². The van der Waals surface area contributed by atoms with Gasteiger partial charge < -0.3 is 14.5 Å². The predicted octanol–water partition coefficient (Wildman–Crippen LogP) is 2.82. The fourth-order valence-corrected chi connectivity index (χ4v) is 3.54. The lowest BCUT2D eigenvalue weighted by atomic mass is 10.1. The normalized spacial score (nSPS) is 21.6. The monoisotopic (exact) mass is 326 g/mol. The van der Waals surface area contributed by atoms with E-state index in [4.69, 9.17) is 4.74 Å². The summed E-state index contributed by atoms with van der Waals surface area (Å²) in [5.41, 5.74) is 0. The number of nitrogens with zero attached hydrogens (tertiary/aromatic N) is 2. The lowest BCUT2D eigenvalue weighted by Gasteiger charge is -2.34. The molecule has 0 saturated carbocycles. The van der Waals surface area contributed by atoms with Gasteiger partial charge in [0.1, 0.15) is 12.2 Å². The molecule has 0 aromatic heterocycles. The van der Waals surface area contributed by atoms with Gasteiger partial charge in [0.2, 0.25) is 0 Å². The molecule has 0 aliphatic carbocycles. The van der Waals surface area contributed by atoms with E-state index < -0.39 is 12.2 Å². The first-order chi connectivity index (χ1) is 10.6. The molecule has 0 spiro atoms. The fraction of sp³-hybridized carbons (Fsp3) is 0.889. The van der Waals surface area contributed by atoms with Gasteiger partial charge in [0, 0.05) is 24.2 Å². The quantitative estimate of drug-likeness (QED) is 0.754. The third kappa shape index (κ3) is 4.69. The average molecular weight is 326 g/mol. The number of ether oxygens (including phenoxy) is 1. The summed E-state index contributed by atoms with van der Waals surface area (Å²) in [7, 11) is 0. The molecule has 0 unspecified atom stereocenters. The second-order valence-electron chi connectivity index (χ2n) is 7.56. The van der Waals surface area contributed by atoms with E-state index in [-0.39, 0.29) is 36.0 Å². The summed E-state index contributed by atoms with van der Waals surface area (Å²) < 4.78 is 5.87.